The summed E-state index contributed by atoms with van der Waals surface area (Å²) in [6.45, 7) is 5.12. The second-order valence-electron chi connectivity index (χ2n) is 1.86. The normalized spacial score (nSPS) is 9.30. The van der Waals surface area contributed by atoms with Crippen molar-refractivity contribution in [2.75, 3.05) is 0 Å². The molecule has 0 radical (unpaired) electrons. The van der Waals surface area contributed by atoms with Crippen molar-refractivity contribution in [2.24, 2.45) is 4.99 Å². The molecule has 0 saturated heterocycles. The molecule has 0 saturated carbocycles. The highest BCUT2D eigenvalue weighted by Crippen LogP contribution is 2.11. The van der Waals surface area contributed by atoms with Crippen LogP contribution in [0.25, 0.3) is 0 Å². The Morgan fingerprint density at radius 2 is 2.50 bits per heavy atom. The number of aliphatic imine (C=N–C) groups is 1. The highest BCUT2D eigenvalue weighted by molar-refractivity contribution is 5.81. The molecule has 0 spiro atoms. The number of H-pyrrole nitrogens is 1. The van der Waals surface area contributed by atoms with Gasteiger partial charge >= 0.3 is 0 Å². The van der Waals surface area contributed by atoms with Crippen LogP contribution in [0.4, 0.5) is 5.82 Å². The lowest BCUT2D eigenvalue weighted by Crippen LogP contribution is -1.78. The average molecular weight is 136 g/mol. The first kappa shape index (κ1) is 6.67. The quantitative estimate of drug-likeness (QED) is 0.586. The number of aromatic amines is 1. The molecule has 0 bridgehead atoms. The second kappa shape index (κ2) is 2.43. The topological polar surface area (TPSA) is 64.9 Å². The summed E-state index contributed by atoms with van der Waals surface area (Å²) in [5, 5.41) is 6.92. The van der Waals surface area contributed by atoms with E-state index in [1.54, 1.807) is 0 Å². The van der Waals surface area contributed by atoms with E-state index in [-0.39, 0.29) is 0 Å². The van der Waals surface area contributed by atoms with Gasteiger partial charge in [0.05, 0.1) is 0 Å². The summed E-state index contributed by atoms with van der Waals surface area (Å²) in [6.07, 6.45) is 1.17. The average Bonchev–Trinajstić information content (AvgIpc) is 2.30. The van der Waals surface area contributed by atoms with Crippen LogP contribution >= 0.6 is 0 Å². The molecule has 1 aromatic rings. The van der Waals surface area contributed by atoms with E-state index in [1.807, 2.05) is 6.92 Å². The minimum absolute atomic E-state index is 0.493. The molecule has 1 aromatic heterocycles. The maximum atomic E-state index is 6.92. The van der Waals surface area contributed by atoms with Gasteiger partial charge < -0.3 is 10.4 Å². The molecule has 4 nitrogen and oxygen atoms in total. The molecule has 1 rings (SSSR count). The van der Waals surface area contributed by atoms with Gasteiger partial charge in [-0.05, 0) is 13.6 Å². The van der Waals surface area contributed by atoms with Gasteiger partial charge in [0, 0.05) is 6.21 Å². The first-order chi connectivity index (χ1) is 4.77. The fourth-order valence-electron chi connectivity index (χ4n) is 0.719. The number of aryl methyl sites for hydroxylation is 1. The first-order valence-corrected chi connectivity index (χ1v) is 2.81. The Morgan fingerprint density at radius 1 is 1.80 bits per heavy atom. The Balaban J connectivity index is 3.20. The van der Waals surface area contributed by atoms with Crippen molar-refractivity contribution in [3.63, 3.8) is 0 Å². The van der Waals surface area contributed by atoms with E-state index in [0.29, 0.717) is 11.5 Å². The van der Waals surface area contributed by atoms with Crippen LogP contribution in [0.2, 0.25) is 0 Å². The second-order valence-corrected chi connectivity index (χ2v) is 1.86. The number of hydrogen-bond donors (Lipinski definition) is 2. The molecule has 0 aliphatic rings. The fourth-order valence-corrected chi connectivity index (χ4v) is 0.719. The van der Waals surface area contributed by atoms with E-state index in [0.717, 1.165) is 5.82 Å². The highest BCUT2D eigenvalue weighted by Gasteiger charge is 2.01. The predicted octanol–water partition coefficient (Wildman–Crippen LogP) is 1.05. The van der Waals surface area contributed by atoms with Gasteiger partial charge in [-0.15, -0.1) is 0 Å². The van der Waals surface area contributed by atoms with Crippen LogP contribution in [0.3, 0.4) is 0 Å². The van der Waals surface area contributed by atoms with Crippen LogP contribution in [-0.2, 0) is 0 Å². The van der Waals surface area contributed by atoms with Gasteiger partial charge in [-0.25, -0.2) is 9.98 Å². The molecule has 0 aromatic carbocycles. The summed E-state index contributed by atoms with van der Waals surface area (Å²) in [5.41, 5.74) is 0.604. The van der Waals surface area contributed by atoms with Crippen LogP contribution in [0.5, 0.6) is 0 Å². The number of nitrogens with zero attached hydrogens (tertiary/aromatic N) is 2. The van der Waals surface area contributed by atoms with Gasteiger partial charge in [-0.3, -0.25) is 0 Å². The Hall–Kier alpha value is -1.45. The Labute approximate surface area is 58.5 Å². The molecule has 0 amide bonds. The zero-order valence-electron chi connectivity index (χ0n) is 5.68. The lowest BCUT2D eigenvalue weighted by molar-refractivity contribution is 1.14. The van der Waals surface area contributed by atoms with E-state index in [4.69, 9.17) is 5.41 Å². The van der Waals surface area contributed by atoms with Gasteiger partial charge in [-0.2, -0.15) is 0 Å². The van der Waals surface area contributed by atoms with E-state index in [2.05, 4.69) is 21.7 Å². The summed E-state index contributed by atoms with van der Waals surface area (Å²) in [6, 6.07) is 0. The third kappa shape index (κ3) is 0.953. The number of imidazole rings is 1. The molecule has 10 heavy (non-hydrogen) atoms. The summed E-state index contributed by atoms with van der Waals surface area (Å²) < 4.78 is 0. The Morgan fingerprint density at radius 3 is 2.90 bits per heavy atom. The molecular weight excluding hydrogens is 128 g/mol. The van der Waals surface area contributed by atoms with E-state index in [1.165, 1.54) is 6.21 Å². The van der Waals surface area contributed by atoms with Crippen molar-refractivity contribution < 1.29 is 0 Å². The van der Waals surface area contributed by atoms with Gasteiger partial charge in [0.25, 0.3) is 0 Å². The zero-order valence-corrected chi connectivity index (χ0v) is 5.68. The molecule has 4 heteroatoms. The fraction of sp³-hybridized carbons (Fsp3) is 0.167. The number of rotatable bonds is 2. The summed E-state index contributed by atoms with van der Waals surface area (Å²) in [7, 11) is 0. The number of nitrogens with one attached hydrogen (secondary N) is 2. The zero-order chi connectivity index (χ0) is 7.56. The summed E-state index contributed by atoms with van der Waals surface area (Å²) >= 11 is 0. The van der Waals surface area contributed by atoms with Crippen molar-refractivity contribution in [1.82, 2.24) is 9.97 Å². The molecule has 0 aliphatic carbocycles. The maximum Gasteiger partial charge on any atom is 0.178 e. The van der Waals surface area contributed by atoms with Gasteiger partial charge in [0.15, 0.2) is 5.82 Å². The smallest absolute Gasteiger partial charge is 0.178 e. The first-order valence-electron chi connectivity index (χ1n) is 2.81. The molecule has 52 valence electrons. The monoisotopic (exact) mass is 136 g/mol. The summed E-state index contributed by atoms with van der Waals surface area (Å²) in [5.74, 6) is 1.24. The van der Waals surface area contributed by atoms with Crippen LogP contribution in [0.15, 0.2) is 4.99 Å². The van der Waals surface area contributed by atoms with Gasteiger partial charge in [0.2, 0.25) is 0 Å². The molecule has 0 aliphatic heterocycles. The van der Waals surface area contributed by atoms with E-state index < -0.39 is 0 Å². The lowest BCUT2D eigenvalue weighted by atomic mass is 10.5. The third-order valence-electron chi connectivity index (χ3n) is 1.12. The van der Waals surface area contributed by atoms with Crippen LogP contribution in [0.1, 0.15) is 11.5 Å². The van der Waals surface area contributed by atoms with E-state index in [9.17, 15) is 0 Å². The molecule has 2 N–H and O–H groups in total. The van der Waals surface area contributed by atoms with Gasteiger partial charge in [0.1, 0.15) is 11.5 Å². The van der Waals surface area contributed by atoms with Crippen molar-refractivity contribution in [2.45, 2.75) is 6.92 Å². The highest BCUT2D eigenvalue weighted by atomic mass is 15.0. The lowest BCUT2D eigenvalue weighted by Gasteiger charge is -1.82. The van der Waals surface area contributed by atoms with Crippen LogP contribution in [-0.4, -0.2) is 22.9 Å². The van der Waals surface area contributed by atoms with Crippen molar-refractivity contribution >= 4 is 18.7 Å². The molecule has 0 fully saturated rings. The van der Waals surface area contributed by atoms with Crippen molar-refractivity contribution in [1.29, 1.82) is 5.41 Å². The van der Waals surface area contributed by atoms with E-state index >= 15 is 0 Å². The largest absolute Gasteiger partial charge is 0.340 e. The molecule has 1 heterocycles. The van der Waals surface area contributed by atoms with Gasteiger partial charge in [-0.1, -0.05) is 0 Å². The van der Waals surface area contributed by atoms with Crippen molar-refractivity contribution in [3.05, 3.63) is 11.5 Å². The maximum absolute atomic E-state index is 6.92. The Kier molecular flexibility index (Phi) is 1.62. The predicted molar refractivity (Wildman–Crippen MR) is 40.4 cm³/mol. The molecule has 0 atom stereocenters. The number of aromatic nitrogens is 2. The number of hydrogen-bond acceptors (Lipinski definition) is 3. The summed E-state index contributed by atoms with van der Waals surface area (Å²) in [4.78, 5) is 10.4. The third-order valence-corrected chi connectivity index (χ3v) is 1.12. The standard InChI is InChI=1S/C6H8N4/c1-4-9-5(3-7)6(8-2)10-4/h3,7H,2H2,1H3,(H,9,10). The Bertz CT molecular complexity index is 235. The van der Waals surface area contributed by atoms with Crippen molar-refractivity contribution in [3.8, 4) is 0 Å². The minimum Gasteiger partial charge on any atom is -0.340 e. The molecular formula is C6H8N4. The minimum atomic E-state index is 0.493. The SMILES string of the molecule is C=Nc1nc(C)[nH]c1C=N. The molecule has 0 unspecified atom stereocenters. The van der Waals surface area contributed by atoms with Crippen LogP contribution in [0, 0.1) is 12.3 Å². The van der Waals surface area contributed by atoms with Crippen LogP contribution < -0.4 is 0 Å².